The normalized spacial score (nSPS) is 12.5. The number of rotatable bonds is 10. The van der Waals surface area contributed by atoms with E-state index in [2.05, 4.69) is 46.4 Å². The molecule has 2 N–H and O–H groups in total. The standard InChI is InChI=1S/C27H33N3O4S/c1-3-32-11-5-9-28-27(35)30(10-8-20-7-4-6-19(2)14-20)18-22-15-21-16-24-25(34-13-12-33-24)17-23(21)29-26(22)31/h4,6-7,14-17H,3,5,8-13,18H2,1-2H3,(H,28,35)(H,29,31). The molecule has 0 saturated carbocycles. The minimum absolute atomic E-state index is 0.131. The van der Waals surface area contributed by atoms with Crippen molar-refractivity contribution in [3.05, 3.63) is 69.5 Å². The second-order valence-corrected chi connectivity index (χ2v) is 9.04. The van der Waals surface area contributed by atoms with Crippen LogP contribution in [0.4, 0.5) is 0 Å². The van der Waals surface area contributed by atoms with Gasteiger partial charge in [-0.1, -0.05) is 29.8 Å². The van der Waals surface area contributed by atoms with E-state index < -0.39 is 0 Å². The molecule has 2 aromatic carbocycles. The Morgan fingerprint density at radius 1 is 1.17 bits per heavy atom. The van der Waals surface area contributed by atoms with Crippen molar-refractivity contribution in [2.75, 3.05) is 39.5 Å². The molecule has 186 valence electrons. The molecule has 2 heterocycles. The summed E-state index contributed by atoms with van der Waals surface area (Å²) in [5.74, 6) is 1.36. The van der Waals surface area contributed by atoms with Crippen LogP contribution in [0.2, 0.25) is 0 Å². The summed E-state index contributed by atoms with van der Waals surface area (Å²) in [6.45, 7) is 8.32. The van der Waals surface area contributed by atoms with Crippen LogP contribution in [-0.2, 0) is 17.7 Å². The zero-order valence-corrected chi connectivity index (χ0v) is 21.2. The van der Waals surface area contributed by atoms with Crippen molar-refractivity contribution in [1.82, 2.24) is 15.2 Å². The van der Waals surface area contributed by atoms with Gasteiger partial charge in [0.05, 0.1) is 12.1 Å². The number of nitrogens with zero attached hydrogens (tertiary/aromatic N) is 1. The van der Waals surface area contributed by atoms with Crippen molar-refractivity contribution in [3.8, 4) is 11.5 Å². The third-order valence-corrected chi connectivity index (χ3v) is 6.33. The smallest absolute Gasteiger partial charge is 0.253 e. The first-order chi connectivity index (χ1) is 17.0. The number of aromatic amines is 1. The van der Waals surface area contributed by atoms with Gasteiger partial charge >= 0.3 is 0 Å². The van der Waals surface area contributed by atoms with Crippen LogP contribution in [-0.4, -0.2) is 54.5 Å². The predicted molar refractivity (Wildman–Crippen MR) is 143 cm³/mol. The molecular formula is C27H33N3O4S. The molecule has 1 aliphatic rings. The molecule has 4 rings (SSSR count). The first-order valence-electron chi connectivity index (χ1n) is 12.1. The van der Waals surface area contributed by atoms with Gasteiger partial charge in [-0.3, -0.25) is 4.79 Å². The SMILES string of the molecule is CCOCCCNC(=S)N(CCc1cccc(C)c1)Cc1cc2cc3c(cc2[nH]c1=O)OCCO3. The third kappa shape index (κ3) is 6.74. The molecule has 0 radical (unpaired) electrons. The van der Waals surface area contributed by atoms with Crippen molar-refractivity contribution in [2.45, 2.75) is 33.2 Å². The molecule has 3 aromatic rings. The summed E-state index contributed by atoms with van der Waals surface area (Å²) >= 11 is 5.74. The highest BCUT2D eigenvalue weighted by Gasteiger charge is 2.17. The van der Waals surface area contributed by atoms with Gasteiger partial charge < -0.3 is 29.4 Å². The van der Waals surface area contributed by atoms with E-state index in [4.69, 9.17) is 26.4 Å². The maximum absolute atomic E-state index is 13.0. The van der Waals surface area contributed by atoms with E-state index in [9.17, 15) is 4.79 Å². The van der Waals surface area contributed by atoms with Crippen molar-refractivity contribution in [3.63, 3.8) is 0 Å². The van der Waals surface area contributed by atoms with Crippen LogP contribution >= 0.6 is 12.2 Å². The highest BCUT2D eigenvalue weighted by molar-refractivity contribution is 7.80. The number of aromatic nitrogens is 1. The molecule has 0 spiro atoms. The van der Waals surface area contributed by atoms with Gasteiger partial charge in [-0.15, -0.1) is 0 Å². The Morgan fingerprint density at radius 3 is 2.74 bits per heavy atom. The molecule has 0 amide bonds. The zero-order valence-electron chi connectivity index (χ0n) is 20.4. The van der Waals surface area contributed by atoms with E-state index in [-0.39, 0.29) is 5.56 Å². The lowest BCUT2D eigenvalue weighted by atomic mass is 10.1. The summed E-state index contributed by atoms with van der Waals surface area (Å²) in [5.41, 5.74) is 3.72. The number of ether oxygens (including phenoxy) is 3. The lowest BCUT2D eigenvalue weighted by molar-refractivity contribution is 0.145. The Labute approximate surface area is 211 Å². The van der Waals surface area contributed by atoms with E-state index in [0.29, 0.717) is 61.7 Å². The maximum Gasteiger partial charge on any atom is 0.253 e. The van der Waals surface area contributed by atoms with Gasteiger partial charge in [-0.05, 0) is 56.6 Å². The monoisotopic (exact) mass is 495 g/mol. The molecule has 0 unspecified atom stereocenters. The van der Waals surface area contributed by atoms with Crippen LogP contribution in [0, 0.1) is 6.92 Å². The first kappa shape index (κ1) is 25.0. The van der Waals surface area contributed by atoms with Crippen molar-refractivity contribution in [2.24, 2.45) is 0 Å². The summed E-state index contributed by atoms with van der Waals surface area (Å²) in [7, 11) is 0. The van der Waals surface area contributed by atoms with Gasteiger partial charge in [0.2, 0.25) is 0 Å². The Bertz CT molecular complexity index is 1230. The van der Waals surface area contributed by atoms with Gasteiger partial charge in [0.25, 0.3) is 5.56 Å². The predicted octanol–water partition coefficient (Wildman–Crippen LogP) is 3.95. The average Bonchev–Trinajstić information content (AvgIpc) is 2.85. The highest BCUT2D eigenvalue weighted by Crippen LogP contribution is 2.33. The van der Waals surface area contributed by atoms with Gasteiger partial charge in [0, 0.05) is 43.3 Å². The molecule has 1 aromatic heterocycles. The van der Waals surface area contributed by atoms with E-state index in [1.54, 1.807) is 0 Å². The summed E-state index contributed by atoms with van der Waals surface area (Å²) in [5, 5.41) is 4.87. The van der Waals surface area contributed by atoms with Crippen LogP contribution < -0.4 is 20.3 Å². The number of thiocarbonyl (C=S) groups is 1. The van der Waals surface area contributed by atoms with E-state index in [1.807, 2.05) is 25.1 Å². The second kappa shape index (κ2) is 12.0. The van der Waals surface area contributed by atoms with Crippen molar-refractivity contribution >= 4 is 28.2 Å². The lowest BCUT2D eigenvalue weighted by Crippen LogP contribution is -2.42. The minimum atomic E-state index is -0.131. The molecule has 0 saturated heterocycles. The molecule has 0 aliphatic carbocycles. The summed E-state index contributed by atoms with van der Waals surface area (Å²) in [6, 6.07) is 14.1. The number of hydrogen-bond acceptors (Lipinski definition) is 5. The zero-order chi connectivity index (χ0) is 24.6. The highest BCUT2D eigenvalue weighted by atomic mass is 32.1. The number of benzene rings is 2. The van der Waals surface area contributed by atoms with Crippen molar-refractivity contribution < 1.29 is 14.2 Å². The number of nitrogens with one attached hydrogen (secondary N) is 2. The van der Waals surface area contributed by atoms with Crippen LogP contribution in [0.1, 0.15) is 30.0 Å². The van der Waals surface area contributed by atoms with Crippen LogP contribution in [0.15, 0.2) is 47.3 Å². The fourth-order valence-corrected chi connectivity index (χ4v) is 4.38. The molecule has 1 aliphatic heterocycles. The lowest BCUT2D eigenvalue weighted by Gasteiger charge is -2.26. The molecule has 8 heteroatoms. The van der Waals surface area contributed by atoms with Gasteiger partial charge in [0.1, 0.15) is 13.2 Å². The number of aryl methyl sites for hydroxylation is 1. The maximum atomic E-state index is 13.0. The van der Waals surface area contributed by atoms with Crippen LogP contribution in [0.25, 0.3) is 10.9 Å². The quantitative estimate of drug-likeness (QED) is 0.326. The van der Waals surface area contributed by atoms with Crippen LogP contribution in [0.5, 0.6) is 11.5 Å². The molecule has 35 heavy (non-hydrogen) atoms. The Hall–Kier alpha value is -3.10. The number of fused-ring (bicyclic) bond motifs is 2. The summed E-state index contributed by atoms with van der Waals surface area (Å²) in [6.07, 6.45) is 1.69. The van der Waals surface area contributed by atoms with E-state index >= 15 is 0 Å². The summed E-state index contributed by atoms with van der Waals surface area (Å²) < 4.78 is 16.8. The largest absolute Gasteiger partial charge is 0.486 e. The number of H-pyrrole nitrogens is 1. The Morgan fingerprint density at radius 2 is 1.97 bits per heavy atom. The molecule has 0 fully saturated rings. The second-order valence-electron chi connectivity index (χ2n) is 8.65. The fourth-order valence-electron chi connectivity index (χ4n) is 4.12. The number of hydrogen-bond donors (Lipinski definition) is 2. The molecular weight excluding hydrogens is 462 g/mol. The third-order valence-electron chi connectivity index (χ3n) is 5.93. The first-order valence-corrected chi connectivity index (χ1v) is 12.6. The summed E-state index contributed by atoms with van der Waals surface area (Å²) in [4.78, 5) is 18.0. The molecule has 0 atom stereocenters. The number of pyridine rings is 1. The fraction of sp³-hybridized carbons (Fsp3) is 0.407. The van der Waals surface area contributed by atoms with Crippen molar-refractivity contribution in [1.29, 1.82) is 0 Å². The van der Waals surface area contributed by atoms with Crippen LogP contribution in [0.3, 0.4) is 0 Å². The molecule has 0 bridgehead atoms. The van der Waals surface area contributed by atoms with E-state index in [1.165, 1.54) is 11.1 Å². The molecule has 7 nitrogen and oxygen atoms in total. The van der Waals surface area contributed by atoms with E-state index in [0.717, 1.165) is 30.3 Å². The Kier molecular flexibility index (Phi) is 8.60. The van der Waals surface area contributed by atoms with Gasteiger partial charge in [-0.25, -0.2) is 0 Å². The topological polar surface area (TPSA) is 75.8 Å². The van der Waals surface area contributed by atoms with Gasteiger partial charge in [0.15, 0.2) is 16.6 Å². The average molecular weight is 496 g/mol. The Balaban J connectivity index is 1.52. The van der Waals surface area contributed by atoms with Gasteiger partial charge in [-0.2, -0.15) is 0 Å². The minimum Gasteiger partial charge on any atom is -0.486 e.